The fourth-order valence-electron chi connectivity index (χ4n) is 3.58. The minimum atomic E-state index is -0.405. The van der Waals surface area contributed by atoms with Gasteiger partial charge in [-0.15, -0.1) is 0 Å². The highest BCUT2D eigenvalue weighted by Gasteiger charge is 2.39. The van der Waals surface area contributed by atoms with Crippen molar-refractivity contribution in [2.24, 2.45) is 17.8 Å². The molecule has 2 aliphatic carbocycles. The zero-order chi connectivity index (χ0) is 13.2. The van der Waals surface area contributed by atoms with Crippen LogP contribution in [0.15, 0.2) is 24.3 Å². The minimum Gasteiger partial charge on any atom is -0.338 e. The average Bonchev–Trinajstić information content (AvgIpc) is 3.01. The van der Waals surface area contributed by atoms with E-state index in [1.807, 2.05) is 0 Å². The smallest absolute Gasteiger partial charge is 0.319 e. The Morgan fingerprint density at radius 1 is 1.26 bits per heavy atom. The van der Waals surface area contributed by atoms with Gasteiger partial charge in [-0.25, -0.2) is 9.18 Å². The van der Waals surface area contributed by atoms with Gasteiger partial charge < -0.3 is 10.6 Å². The molecule has 0 spiro atoms. The summed E-state index contributed by atoms with van der Waals surface area (Å²) in [7, 11) is 0. The number of hydrogen-bond donors (Lipinski definition) is 2. The number of halogens is 1. The molecule has 0 saturated heterocycles. The lowest BCUT2D eigenvalue weighted by molar-refractivity contribution is 0.245. The van der Waals surface area contributed by atoms with Gasteiger partial charge in [-0.2, -0.15) is 0 Å². The van der Waals surface area contributed by atoms with E-state index in [1.54, 1.807) is 18.2 Å². The van der Waals surface area contributed by atoms with Crippen molar-refractivity contribution in [1.82, 2.24) is 5.32 Å². The monoisotopic (exact) mass is 262 g/mol. The molecular weight excluding hydrogens is 243 g/mol. The first-order valence-corrected chi connectivity index (χ1v) is 7.02. The summed E-state index contributed by atoms with van der Waals surface area (Å²) >= 11 is 0. The predicted octanol–water partition coefficient (Wildman–Crippen LogP) is 3.38. The van der Waals surface area contributed by atoms with E-state index < -0.39 is 5.82 Å². The molecule has 0 heterocycles. The molecule has 0 radical (unpaired) electrons. The topological polar surface area (TPSA) is 41.1 Å². The number of anilines is 1. The minimum absolute atomic E-state index is 0.230. The maximum atomic E-state index is 13.4. The van der Waals surface area contributed by atoms with Gasteiger partial charge in [0.25, 0.3) is 0 Å². The standard InChI is InChI=1S/C15H19FN2O/c16-13-3-1-2-4-14(13)18-15(19)17-9-12-8-10-5-6-11(12)7-10/h1-4,10-12H,5-9H2,(H2,17,18,19). The van der Waals surface area contributed by atoms with E-state index in [1.165, 1.54) is 31.7 Å². The number of nitrogens with one attached hydrogen (secondary N) is 2. The Labute approximate surface area is 112 Å². The highest BCUT2D eigenvalue weighted by Crippen LogP contribution is 2.47. The van der Waals surface area contributed by atoms with Gasteiger partial charge in [0, 0.05) is 6.54 Å². The van der Waals surface area contributed by atoms with Crippen LogP contribution in [-0.4, -0.2) is 12.6 Å². The van der Waals surface area contributed by atoms with Gasteiger partial charge in [-0.3, -0.25) is 0 Å². The number of carbonyl (C=O) groups is 1. The zero-order valence-electron chi connectivity index (χ0n) is 10.9. The normalized spacial score (nSPS) is 28.4. The summed E-state index contributed by atoms with van der Waals surface area (Å²) in [5, 5.41) is 5.42. The van der Waals surface area contributed by atoms with Gasteiger partial charge in [0.05, 0.1) is 5.69 Å². The second kappa shape index (κ2) is 5.19. The van der Waals surface area contributed by atoms with E-state index in [9.17, 15) is 9.18 Å². The quantitative estimate of drug-likeness (QED) is 0.861. The molecule has 3 atom stereocenters. The van der Waals surface area contributed by atoms with Crippen LogP contribution in [0.5, 0.6) is 0 Å². The lowest BCUT2D eigenvalue weighted by atomic mass is 9.89. The van der Waals surface area contributed by atoms with Crippen LogP contribution >= 0.6 is 0 Å². The summed E-state index contributed by atoms with van der Waals surface area (Å²) in [5.74, 6) is 1.88. The summed E-state index contributed by atoms with van der Waals surface area (Å²) < 4.78 is 13.4. The number of fused-ring (bicyclic) bond motifs is 2. The molecule has 2 aliphatic rings. The number of hydrogen-bond acceptors (Lipinski definition) is 1. The van der Waals surface area contributed by atoms with Crippen molar-refractivity contribution in [2.75, 3.05) is 11.9 Å². The number of carbonyl (C=O) groups excluding carboxylic acids is 1. The fourth-order valence-corrected chi connectivity index (χ4v) is 3.58. The van der Waals surface area contributed by atoms with E-state index in [-0.39, 0.29) is 11.7 Å². The van der Waals surface area contributed by atoms with Gasteiger partial charge in [0.2, 0.25) is 0 Å². The van der Waals surface area contributed by atoms with E-state index in [2.05, 4.69) is 10.6 Å². The van der Waals surface area contributed by atoms with E-state index in [0.717, 1.165) is 11.8 Å². The molecule has 2 saturated carbocycles. The lowest BCUT2D eigenvalue weighted by Gasteiger charge is -2.21. The molecule has 0 aromatic heterocycles. The van der Waals surface area contributed by atoms with Crippen molar-refractivity contribution in [3.8, 4) is 0 Å². The average molecular weight is 262 g/mol. The van der Waals surface area contributed by atoms with E-state index in [4.69, 9.17) is 0 Å². The Bertz CT molecular complexity index is 477. The summed E-state index contributed by atoms with van der Waals surface area (Å²) in [5.41, 5.74) is 0.230. The zero-order valence-corrected chi connectivity index (χ0v) is 10.9. The summed E-state index contributed by atoms with van der Waals surface area (Å²) in [6.07, 6.45) is 5.25. The van der Waals surface area contributed by atoms with Gasteiger partial charge in [-0.05, 0) is 49.1 Å². The third-order valence-corrected chi connectivity index (χ3v) is 4.53. The largest absolute Gasteiger partial charge is 0.338 e. The molecule has 4 heteroatoms. The van der Waals surface area contributed by atoms with Gasteiger partial charge in [0.1, 0.15) is 5.82 Å². The first kappa shape index (κ1) is 12.5. The van der Waals surface area contributed by atoms with Crippen molar-refractivity contribution in [3.63, 3.8) is 0 Å². The lowest BCUT2D eigenvalue weighted by Crippen LogP contribution is -2.34. The first-order valence-electron chi connectivity index (χ1n) is 7.02. The first-order chi connectivity index (χ1) is 9.22. The van der Waals surface area contributed by atoms with Gasteiger partial charge in [0.15, 0.2) is 0 Å². The van der Waals surface area contributed by atoms with Crippen LogP contribution in [0.4, 0.5) is 14.9 Å². The van der Waals surface area contributed by atoms with Crippen LogP contribution in [0.25, 0.3) is 0 Å². The van der Waals surface area contributed by atoms with Gasteiger partial charge in [-0.1, -0.05) is 18.6 Å². The fraction of sp³-hybridized carbons (Fsp3) is 0.533. The van der Waals surface area contributed by atoms with Crippen molar-refractivity contribution < 1.29 is 9.18 Å². The van der Waals surface area contributed by atoms with Crippen molar-refractivity contribution in [2.45, 2.75) is 25.7 Å². The number of amides is 2. The molecule has 3 unspecified atom stereocenters. The molecule has 2 bridgehead atoms. The third kappa shape index (κ3) is 2.72. The Morgan fingerprint density at radius 3 is 2.79 bits per heavy atom. The van der Waals surface area contributed by atoms with Crippen LogP contribution in [0, 0.1) is 23.6 Å². The highest BCUT2D eigenvalue weighted by molar-refractivity contribution is 5.89. The number of rotatable bonds is 3. The Morgan fingerprint density at radius 2 is 2.11 bits per heavy atom. The van der Waals surface area contributed by atoms with Crippen LogP contribution in [0.3, 0.4) is 0 Å². The van der Waals surface area contributed by atoms with Crippen LogP contribution in [0.1, 0.15) is 25.7 Å². The van der Waals surface area contributed by atoms with Crippen molar-refractivity contribution >= 4 is 11.7 Å². The second-order valence-corrected chi connectivity index (χ2v) is 5.75. The molecule has 1 aromatic carbocycles. The highest BCUT2D eigenvalue weighted by atomic mass is 19.1. The maximum absolute atomic E-state index is 13.4. The maximum Gasteiger partial charge on any atom is 0.319 e. The van der Waals surface area contributed by atoms with Crippen LogP contribution in [-0.2, 0) is 0 Å². The van der Waals surface area contributed by atoms with Crippen molar-refractivity contribution in [3.05, 3.63) is 30.1 Å². The molecule has 2 N–H and O–H groups in total. The molecule has 1 aromatic rings. The second-order valence-electron chi connectivity index (χ2n) is 5.75. The number of urea groups is 1. The molecule has 2 amide bonds. The molecule has 3 nitrogen and oxygen atoms in total. The predicted molar refractivity (Wildman–Crippen MR) is 72.4 cm³/mol. The summed E-state index contributed by atoms with van der Waals surface area (Å²) in [6.45, 7) is 0.710. The molecule has 102 valence electrons. The third-order valence-electron chi connectivity index (χ3n) is 4.53. The van der Waals surface area contributed by atoms with Gasteiger partial charge >= 0.3 is 6.03 Å². The summed E-state index contributed by atoms with van der Waals surface area (Å²) in [6, 6.07) is 5.90. The van der Waals surface area contributed by atoms with Crippen molar-refractivity contribution in [1.29, 1.82) is 0 Å². The Kier molecular flexibility index (Phi) is 3.40. The number of para-hydroxylation sites is 1. The SMILES string of the molecule is O=C(NCC1CC2CCC1C2)Nc1ccccc1F. The van der Waals surface area contributed by atoms with E-state index in [0.29, 0.717) is 12.5 Å². The molecule has 0 aliphatic heterocycles. The molecule has 2 fully saturated rings. The van der Waals surface area contributed by atoms with Crippen LogP contribution < -0.4 is 10.6 Å². The Balaban J connectivity index is 1.48. The summed E-state index contributed by atoms with van der Waals surface area (Å²) in [4.78, 5) is 11.7. The molecular formula is C15H19FN2O. The molecule has 3 rings (SSSR count). The number of benzene rings is 1. The van der Waals surface area contributed by atoms with E-state index >= 15 is 0 Å². The Hall–Kier alpha value is -1.58. The van der Waals surface area contributed by atoms with Crippen LogP contribution in [0.2, 0.25) is 0 Å². The molecule has 19 heavy (non-hydrogen) atoms.